The van der Waals surface area contributed by atoms with Gasteiger partial charge < -0.3 is 21.5 Å². The summed E-state index contributed by atoms with van der Waals surface area (Å²) in [5.74, 6) is -2.30. The lowest BCUT2D eigenvalue weighted by atomic mass is 9.98. The van der Waals surface area contributed by atoms with E-state index in [1.54, 1.807) is 36.6 Å². The number of rotatable bonds is 12. The van der Waals surface area contributed by atoms with E-state index in [0.29, 0.717) is 25.9 Å². The lowest BCUT2D eigenvalue weighted by Gasteiger charge is -2.16. The first-order chi connectivity index (χ1) is 18.8. The van der Waals surface area contributed by atoms with E-state index in [1.807, 2.05) is 13.0 Å². The van der Waals surface area contributed by atoms with Crippen LogP contribution in [0.3, 0.4) is 0 Å². The number of amides is 2. The van der Waals surface area contributed by atoms with Gasteiger partial charge >= 0.3 is 5.97 Å². The minimum Gasteiger partial charge on any atom is -0.480 e. The molecule has 1 atom stereocenters. The summed E-state index contributed by atoms with van der Waals surface area (Å²) in [5.41, 5.74) is 8.08. The van der Waals surface area contributed by atoms with E-state index in [4.69, 9.17) is 11.1 Å². The Kier molecular flexibility index (Phi) is 10.4. The maximum Gasteiger partial charge on any atom is 0.327 e. The monoisotopic (exact) mass is 620 g/mol. The Morgan fingerprint density at radius 2 is 1.85 bits per heavy atom. The highest BCUT2D eigenvalue weighted by Gasteiger charge is 2.26. The van der Waals surface area contributed by atoms with Crippen LogP contribution in [-0.4, -0.2) is 60.9 Å². The number of carbonyl (C=O) groups excluding carboxylic acids is 2. The third-order valence-electron chi connectivity index (χ3n) is 5.58. The predicted octanol–water partition coefficient (Wildman–Crippen LogP) is 3.82. The Balaban J connectivity index is 1.88. The Hall–Kier alpha value is -3.33. The molecule has 0 aliphatic heterocycles. The molecule has 0 spiro atoms. The van der Waals surface area contributed by atoms with Crippen LogP contribution in [0.15, 0.2) is 62.5 Å². The standard InChI is InChI=1S/C26H28N4O6S4/c1-14-6-4-9-18(30-22(32)13-38-12-19(25(33)34)29-15(2)31)23(14)16-7-5-8-17(10-16)40(35,36)21-11-20(24(27)28)39-26(21)37-3/h4-11,19H,12-13H2,1-3H3,(H3,27,28)(H,29,31)(H,30,32)(H,33,34). The summed E-state index contributed by atoms with van der Waals surface area (Å²) < 4.78 is 27.7. The number of sulfone groups is 1. The molecule has 3 aromatic rings. The number of nitrogens with two attached hydrogens (primary N) is 1. The molecule has 0 radical (unpaired) electrons. The zero-order chi connectivity index (χ0) is 29.6. The van der Waals surface area contributed by atoms with Gasteiger partial charge in [0.2, 0.25) is 21.7 Å². The zero-order valence-corrected chi connectivity index (χ0v) is 25.1. The quantitative estimate of drug-likeness (QED) is 0.114. The predicted molar refractivity (Wildman–Crippen MR) is 160 cm³/mol. The Labute approximate surface area is 244 Å². The number of nitrogens with one attached hydrogen (secondary N) is 3. The van der Waals surface area contributed by atoms with Gasteiger partial charge in [-0.15, -0.1) is 34.9 Å². The van der Waals surface area contributed by atoms with Crippen molar-refractivity contribution in [2.75, 3.05) is 23.1 Å². The van der Waals surface area contributed by atoms with Gasteiger partial charge in [-0.1, -0.05) is 24.3 Å². The molecule has 212 valence electrons. The second-order valence-electron chi connectivity index (χ2n) is 8.56. The maximum atomic E-state index is 13.6. The summed E-state index contributed by atoms with van der Waals surface area (Å²) in [5, 5.41) is 22.1. The van der Waals surface area contributed by atoms with Crippen molar-refractivity contribution in [3.8, 4) is 11.1 Å². The molecule has 1 aromatic heterocycles. The van der Waals surface area contributed by atoms with Crippen molar-refractivity contribution in [1.29, 1.82) is 5.41 Å². The van der Waals surface area contributed by atoms with E-state index in [0.717, 1.165) is 28.7 Å². The van der Waals surface area contributed by atoms with Crippen LogP contribution in [0.2, 0.25) is 0 Å². The number of hydrogen-bond donors (Lipinski definition) is 5. The fourth-order valence-corrected chi connectivity index (χ4v) is 8.54. The molecule has 3 rings (SSSR count). The lowest BCUT2D eigenvalue weighted by molar-refractivity contribution is -0.140. The summed E-state index contributed by atoms with van der Waals surface area (Å²) in [6.45, 7) is 3.06. The highest BCUT2D eigenvalue weighted by Crippen LogP contribution is 2.39. The summed E-state index contributed by atoms with van der Waals surface area (Å²) in [7, 11) is -3.94. The molecule has 2 amide bonds. The van der Waals surface area contributed by atoms with Crippen LogP contribution in [0.1, 0.15) is 17.4 Å². The molecule has 1 unspecified atom stereocenters. The van der Waals surface area contributed by atoms with E-state index in [9.17, 15) is 27.9 Å². The van der Waals surface area contributed by atoms with E-state index >= 15 is 0 Å². The number of carboxylic acids is 1. The van der Waals surface area contributed by atoms with Gasteiger partial charge in [0.25, 0.3) is 0 Å². The van der Waals surface area contributed by atoms with Gasteiger partial charge in [0, 0.05) is 23.9 Å². The summed E-state index contributed by atoms with van der Waals surface area (Å²) in [6, 6.07) is 12.0. The van der Waals surface area contributed by atoms with Crippen LogP contribution in [0.25, 0.3) is 11.1 Å². The number of carbonyl (C=O) groups is 3. The third-order valence-corrected chi connectivity index (χ3v) is 11.0. The largest absolute Gasteiger partial charge is 0.480 e. The Bertz CT molecular complexity index is 1570. The highest BCUT2D eigenvalue weighted by molar-refractivity contribution is 8.01. The molecule has 0 aliphatic rings. The topological polar surface area (TPSA) is 180 Å². The molecule has 6 N–H and O–H groups in total. The average molecular weight is 621 g/mol. The van der Waals surface area contributed by atoms with Crippen molar-refractivity contribution in [2.24, 2.45) is 5.73 Å². The summed E-state index contributed by atoms with van der Waals surface area (Å²) in [6.07, 6.45) is 1.76. The number of benzene rings is 2. The van der Waals surface area contributed by atoms with Gasteiger partial charge in [0.1, 0.15) is 11.9 Å². The van der Waals surface area contributed by atoms with Crippen LogP contribution in [0.4, 0.5) is 5.69 Å². The minimum atomic E-state index is -3.94. The smallest absolute Gasteiger partial charge is 0.327 e. The first-order valence-electron chi connectivity index (χ1n) is 11.7. The molecule has 14 heteroatoms. The molecule has 2 aromatic carbocycles. The maximum absolute atomic E-state index is 13.6. The Morgan fingerprint density at radius 1 is 1.15 bits per heavy atom. The van der Waals surface area contributed by atoms with Crippen LogP contribution in [0, 0.1) is 12.3 Å². The number of nitrogen functional groups attached to an aromatic ring is 1. The molecule has 0 saturated heterocycles. The molecule has 0 saturated carbocycles. The number of carboxylic acid groups (broad SMARTS) is 1. The van der Waals surface area contributed by atoms with Gasteiger partial charge in [-0.05, 0) is 48.6 Å². The summed E-state index contributed by atoms with van der Waals surface area (Å²) >= 11 is 3.47. The summed E-state index contributed by atoms with van der Waals surface area (Å²) in [4.78, 5) is 35.8. The van der Waals surface area contributed by atoms with Crippen molar-refractivity contribution in [1.82, 2.24) is 5.32 Å². The normalized spacial score (nSPS) is 12.0. The minimum absolute atomic E-state index is 0.00880. The van der Waals surface area contributed by atoms with Crippen molar-refractivity contribution in [3.63, 3.8) is 0 Å². The molecule has 0 fully saturated rings. The molecule has 10 nitrogen and oxygen atoms in total. The number of thioether (sulfide) groups is 2. The first kappa shape index (κ1) is 31.2. The molecule has 0 aliphatic carbocycles. The fourth-order valence-electron chi connectivity index (χ4n) is 3.80. The van der Waals surface area contributed by atoms with Gasteiger partial charge in [-0.2, -0.15) is 0 Å². The first-order valence-corrected chi connectivity index (χ1v) is 16.4. The van der Waals surface area contributed by atoms with Crippen LogP contribution < -0.4 is 16.4 Å². The van der Waals surface area contributed by atoms with Crippen LogP contribution in [0.5, 0.6) is 0 Å². The van der Waals surface area contributed by atoms with Crippen molar-refractivity contribution >= 4 is 74.0 Å². The molecular weight excluding hydrogens is 593 g/mol. The van der Waals surface area contributed by atoms with Gasteiger partial charge in [-0.3, -0.25) is 15.0 Å². The van der Waals surface area contributed by atoms with E-state index in [-0.39, 0.29) is 33.0 Å². The van der Waals surface area contributed by atoms with E-state index in [1.165, 1.54) is 30.8 Å². The number of anilines is 1. The average Bonchev–Trinajstić information content (AvgIpc) is 3.34. The van der Waals surface area contributed by atoms with Crippen molar-refractivity contribution in [2.45, 2.75) is 33.9 Å². The second-order valence-corrected chi connectivity index (χ2v) is 13.6. The molecule has 40 heavy (non-hydrogen) atoms. The number of hydrogen-bond acceptors (Lipinski definition) is 9. The van der Waals surface area contributed by atoms with Gasteiger partial charge in [0.05, 0.1) is 24.6 Å². The number of aryl methyl sites for hydroxylation is 1. The number of thiophene rings is 1. The second kappa shape index (κ2) is 13.4. The van der Waals surface area contributed by atoms with Gasteiger partial charge in [-0.25, -0.2) is 13.2 Å². The molecule has 0 bridgehead atoms. The highest BCUT2D eigenvalue weighted by atomic mass is 32.2. The van der Waals surface area contributed by atoms with E-state index in [2.05, 4.69) is 10.6 Å². The SMILES string of the molecule is CSc1sc(C(=N)N)cc1S(=O)(=O)c1cccc(-c2c(C)cccc2NC(=O)CSCC(NC(C)=O)C(=O)O)c1. The zero-order valence-electron chi connectivity index (χ0n) is 21.8. The van der Waals surface area contributed by atoms with E-state index < -0.39 is 27.8 Å². The third kappa shape index (κ3) is 7.44. The van der Waals surface area contributed by atoms with Crippen molar-refractivity contribution < 1.29 is 27.9 Å². The van der Waals surface area contributed by atoms with Crippen LogP contribution in [-0.2, 0) is 24.2 Å². The van der Waals surface area contributed by atoms with Gasteiger partial charge in [0.15, 0.2) is 0 Å². The number of aliphatic carboxylic acids is 1. The van der Waals surface area contributed by atoms with Crippen LogP contribution >= 0.6 is 34.9 Å². The molecule has 1 heterocycles. The number of amidine groups is 1. The lowest BCUT2D eigenvalue weighted by Crippen LogP contribution is -2.41. The fraction of sp³-hybridized carbons (Fsp3) is 0.231. The molecular formula is C26H28N4O6S4. The Morgan fingerprint density at radius 3 is 2.48 bits per heavy atom. The van der Waals surface area contributed by atoms with Crippen molar-refractivity contribution in [3.05, 3.63) is 59.0 Å².